The van der Waals surface area contributed by atoms with Crippen LogP contribution in [-0.2, 0) is 23.9 Å². The summed E-state index contributed by atoms with van der Waals surface area (Å²) in [4.78, 5) is 51.0. The normalized spacial score (nSPS) is 16.2. The number of piperazine rings is 1. The van der Waals surface area contributed by atoms with Crippen LogP contribution in [0.25, 0.3) is 0 Å². The summed E-state index contributed by atoms with van der Waals surface area (Å²) in [6.45, 7) is 5.94. The van der Waals surface area contributed by atoms with Gasteiger partial charge >= 0.3 is 5.97 Å². The zero-order chi connectivity index (χ0) is 24.2. The van der Waals surface area contributed by atoms with Crippen molar-refractivity contribution >= 4 is 29.4 Å². The fourth-order valence-electron chi connectivity index (χ4n) is 3.29. The highest BCUT2D eigenvalue weighted by molar-refractivity contribution is 5.98. The molecule has 33 heavy (non-hydrogen) atoms. The number of carbonyl (C=O) groups is 4. The summed E-state index contributed by atoms with van der Waals surface area (Å²) >= 11 is 0. The minimum absolute atomic E-state index is 0.0665. The zero-order valence-electron chi connectivity index (χ0n) is 19.5. The molecule has 10 nitrogen and oxygen atoms in total. The van der Waals surface area contributed by atoms with Crippen molar-refractivity contribution in [3.8, 4) is 0 Å². The number of benzene rings is 1. The van der Waals surface area contributed by atoms with E-state index in [1.54, 1.807) is 36.3 Å². The number of amides is 3. The number of rotatable bonds is 12. The fourth-order valence-corrected chi connectivity index (χ4v) is 3.29. The Bertz CT molecular complexity index is 829. The van der Waals surface area contributed by atoms with E-state index in [1.807, 2.05) is 13.8 Å². The molecule has 1 aromatic carbocycles. The molecule has 0 aliphatic carbocycles. The Morgan fingerprint density at radius 1 is 1.27 bits per heavy atom. The largest absolute Gasteiger partial charge is 0.465 e. The Kier molecular flexibility index (Phi) is 10.8. The Hall–Kier alpha value is -2.98. The van der Waals surface area contributed by atoms with Crippen LogP contribution in [0.2, 0.25) is 0 Å². The Labute approximate surface area is 194 Å². The van der Waals surface area contributed by atoms with E-state index in [1.165, 1.54) is 0 Å². The van der Waals surface area contributed by atoms with Crippen LogP contribution in [-0.4, -0.2) is 81.1 Å². The zero-order valence-corrected chi connectivity index (χ0v) is 19.5. The van der Waals surface area contributed by atoms with E-state index in [4.69, 9.17) is 9.47 Å². The van der Waals surface area contributed by atoms with Gasteiger partial charge in [0.15, 0.2) is 0 Å². The Morgan fingerprint density at radius 2 is 2.06 bits per heavy atom. The van der Waals surface area contributed by atoms with Crippen LogP contribution in [0.1, 0.15) is 37.0 Å². The van der Waals surface area contributed by atoms with Crippen molar-refractivity contribution in [3.63, 3.8) is 0 Å². The van der Waals surface area contributed by atoms with Crippen LogP contribution in [0.3, 0.4) is 0 Å². The van der Waals surface area contributed by atoms with Gasteiger partial charge in [-0.15, -0.1) is 0 Å². The molecule has 10 heteroatoms. The van der Waals surface area contributed by atoms with Gasteiger partial charge in [0.05, 0.1) is 19.6 Å². The molecule has 1 fully saturated rings. The van der Waals surface area contributed by atoms with E-state index >= 15 is 0 Å². The first-order valence-electron chi connectivity index (χ1n) is 11.1. The second-order valence-electron chi connectivity index (χ2n) is 8.29. The van der Waals surface area contributed by atoms with Crippen LogP contribution in [0.5, 0.6) is 0 Å². The van der Waals surface area contributed by atoms with Crippen LogP contribution in [0.15, 0.2) is 24.3 Å². The van der Waals surface area contributed by atoms with Crippen LogP contribution < -0.4 is 16.0 Å². The van der Waals surface area contributed by atoms with Crippen LogP contribution in [0, 0.1) is 5.92 Å². The number of carbonyl (C=O) groups excluding carboxylic acids is 4. The van der Waals surface area contributed by atoms with Gasteiger partial charge in [-0.3, -0.25) is 24.1 Å². The van der Waals surface area contributed by atoms with E-state index in [2.05, 4.69) is 16.0 Å². The van der Waals surface area contributed by atoms with Crippen molar-refractivity contribution in [2.24, 2.45) is 5.92 Å². The molecule has 0 aromatic heterocycles. The van der Waals surface area contributed by atoms with Gasteiger partial charge in [0, 0.05) is 44.6 Å². The summed E-state index contributed by atoms with van der Waals surface area (Å²) in [5, 5.41) is 8.29. The SMILES string of the molecule is COCCCNC(=O)c1cccc(NC(=O)CN2CCNC(=O)C2CC(=O)OCC(C)C)c1. The van der Waals surface area contributed by atoms with Gasteiger partial charge in [-0.05, 0) is 30.5 Å². The van der Waals surface area contributed by atoms with E-state index < -0.39 is 12.0 Å². The maximum absolute atomic E-state index is 12.6. The van der Waals surface area contributed by atoms with Crippen molar-refractivity contribution in [1.82, 2.24) is 15.5 Å². The molecule has 3 N–H and O–H groups in total. The topological polar surface area (TPSA) is 126 Å². The van der Waals surface area contributed by atoms with Gasteiger partial charge in [0.25, 0.3) is 5.91 Å². The average molecular weight is 463 g/mol. The van der Waals surface area contributed by atoms with E-state index in [-0.39, 0.29) is 43.2 Å². The number of anilines is 1. The Morgan fingerprint density at radius 3 is 2.79 bits per heavy atom. The third kappa shape index (κ3) is 9.19. The second kappa shape index (κ2) is 13.5. The molecule has 1 atom stereocenters. The molecule has 0 spiro atoms. The minimum atomic E-state index is -0.770. The lowest BCUT2D eigenvalue weighted by molar-refractivity contribution is -0.149. The molecule has 1 heterocycles. The number of nitrogens with zero attached hydrogens (tertiary/aromatic N) is 1. The van der Waals surface area contributed by atoms with Gasteiger partial charge in [0.2, 0.25) is 11.8 Å². The number of ether oxygens (including phenoxy) is 2. The first-order chi connectivity index (χ1) is 15.8. The highest BCUT2D eigenvalue weighted by Gasteiger charge is 2.33. The number of methoxy groups -OCH3 is 1. The highest BCUT2D eigenvalue weighted by atomic mass is 16.5. The molecule has 3 amide bonds. The third-order valence-electron chi connectivity index (χ3n) is 4.95. The third-order valence-corrected chi connectivity index (χ3v) is 4.95. The summed E-state index contributed by atoms with van der Waals surface area (Å²) in [5.74, 6) is -1.17. The molecule has 0 bridgehead atoms. The van der Waals surface area contributed by atoms with Gasteiger partial charge in [-0.25, -0.2) is 0 Å². The first-order valence-corrected chi connectivity index (χ1v) is 11.1. The van der Waals surface area contributed by atoms with Gasteiger partial charge in [0.1, 0.15) is 6.04 Å². The summed E-state index contributed by atoms with van der Waals surface area (Å²) in [6.07, 6.45) is 0.582. The van der Waals surface area contributed by atoms with Gasteiger partial charge in [-0.2, -0.15) is 0 Å². The molecule has 0 radical (unpaired) electrons. The van der Waals surface area contributed by atoms with Crippen molar-refractivity contribution in [1.29, 1.82) is 0 Å². The summed E-state index contributed by atoms with van der Waals surface area (Å²) in [6, 6.07) is 5.85. The first kappa shape index (κ1) is 26.3. The maximum Gasteiger partial charge on any atom is 0.307 e. The lowest BCUT2D eigenvalue weighted by atomic mass is 10.1. The molecule has 1 saturated heterocycles. The maximum atomic E-state index is 12.6. The van der Waals surface area contributed by atoms with Crippen LogP contribution in [0.4, 0.5) is 5.69 Å². The molecule has 2 rings (SSSR count). The van der Waals surface area contributed by atoms with Crippen molar-refractivity contribution in [3.05, 3.63) is 29.8 Å². The van der Waals surface area contributed by atoms with E-state index in [0.717, 1.165) is 0 Å². The molecule has 182 valence electrons. The molecule has 1 aliphatic heterocycles. The summed E-state index contributed by atoms with van der Waals surface area (Å²) in [7, 11) is 1.60. The number of nitrogens with one attached hydrogen (secondary N) is 3. The number of hydrogen-bond donors (Lipinski definition) is 3. The predicted octanol–water partition coefficient (Wildman–Crippen LogP) is 0.781. The smallest absolute Gasteiger partial charge is 0.307 e. The molecular weight excluding hydrogens is 428 g/mol. The standard InChI is InChI=1S/C23H34N4O6/c1-16(2)15-33-21(29)13-19-23(31)25-9-10-27(19)14-20(28)26-18-7-4-6-17(12-18)22(30)24-8-5-11-32-3/h4,6-7,12,16,19H,5,8-11,13-15H2,1-3H3,(H,24,30)(H,25,31)(H,26,28). The molecule has 1 aromatic rings. The second-order valence-corrected chi connectivity index (χ2v) is 8.29. The quantitative estimate of drug-likeness (QED) is 0.310. The Balaban J connectivity index is 1.93. The number of hydrogen-bond acceptors (Lipinski definition) is 7. The monoisotopic (exact) mass is 462 g/mol. The average Bonchev–Trinajstić information content (AvgIpc) is 2.77. The molecule has 0 saturated carbocycles. The van der Waals surface area contributed by atoms with Crippen molar-refractivity contribution in [2.45, 2.75) is 32.7 Å². The van der Waals surface area contributed by atoms with E-state index in [9.17, 15) is 19.2 Å². The number of esters is 1. The molecule has 1 unspecified atom stereocenters. The van der Waals surface area contributed by atoms with Gasteiger partial charge in [-0.1, -0.05) is 19.9 Å². The predicted molar refractivity (Wildman–Crippen MR) is 123 cm³/mol. The highest BCUT2D eigenvalue weighted by Crippen LogP contribution is 2.13. The summed E-state index contributed by atoms with van der Waals surface area (Å²) < 4.78 is 10.1. The lowest BCUT2D eigenvalue weighted by Gasteiger charge is -2.33. The molecule has 1 aliphatic rings. The minimum Gasteiger partial charge on any atom is -0.465 e. The van der Waals surface area contributed by atoms with Gasteiger partial charge < -0.3 is 25.4 Å². The van der Waals surface area contributed by atoms with Crippen molar-refractivity contribution < 1.29 is 28.7 Å². The van der Waals surface area contributed by atoms with E-state index in [0.29, 0.717) is 43.9 Å². The lowest BCUT2D eigenvalue weighted by Crippen LogP contribution is -2.57. The summed E-state index contributed by atoms with van der Waals surface area (Å²) in [5.41, 5.74) is 0.896. The van der Waals surface area contributed by atoms with Crippen molar-refractivity contribution in [2.75, 3.05) is 51.8 Å². The fraction of sp³-hybridized carbons (Fsp3) is 0.565. The molecular formula is C23H34N4O6. The van der Waals surface area contributed by atoms with Crippen LogP contribution >= 0.6 is 0 Å².